The second-order valence-electron chi connectivity index (χ2n) is 13.2. The van der Waals surface area contributed by atoms with Crippen molar-refractivity contribution in [3.8, 4) is 0 Å². The molecular formula is C29H44N4. The Hall–Kier alpha value is -2.10. The molecule has 2 aromatic rings. The van der Waals surface area contributed by atoms with Crippen molar-refractivity contribution in [2.24, 2.45) is 0 Å². The van der Waals surface area contributed by atoms with Crippen LogP contribution >= 0.6 is 0 Å². The van der Waals surface area contributed by atoms with Gasteiger partial charge in [-0.05, 0) is 31.8 Å². The molecule has 3 rings (SSSR count). The Morgan fingerprint density at radius 1 is 0.758 bits per heavy atom. The molecule has 0 amide bonds. The fourth-order valence-corrected chi connectivity index (χ4v) is 4.25. The first-order valence-electron chi connectivity index (χ1n) is 12.4. The van der Waals surface area contributed by atoms with E-state index in [1.165, 1.54) is 18.5 Å². The molecule has 4 heteroatoms. The highest BCUT2D eigenvalue weighted by Gasteiger charge is 2.36. The maximum absolute atomic E-state index is 5.21. The zero-order valence-corrected chi connectivity index (χ0v) is 22.6. The molecule has 2 aromatic heterocycles. The van der Waals surface area contributed by atoms with Crippen molar-refractivity contribution in [2.45, 2.75) is 122 Å². The van der Waals surface area contributed by atoms with Gasteiger partial charge in [0.05, 0.1) is 34.2 Å². The second kappa shape index (κ2) is 8.60. The molecule has 0 aliphatic heterocycles. The van der Waals surface area contributed by atoms with Gasteiger partial charge in [0.15, 0.2) is 0 Å². The summed E-state index contributed by atoms with van der Waals surface area (Å²) >= 11 is 0. The van der Waals surface area contributed by atoms with Crippen LogP contribution in [0, 0.1) is 0 Å². The molecule has 0 N–H and O–H groups in total. The third kappa shape index (κ3) is 5.70. The maximum atomic E-state index is 5.21. The molecule has 2 heterocycles. The van der Waals surface area contributed by atoms with Crippen molar-refractivity contribution in [2.75, 3.05) is 0 Å². The number of aromatic nitrogens is 4. The van der Waals surface area contributed by atoms with Gasteiger partial charge in [-0.3, -0.25) is 15.0 Å². The molecule has 180 valence electrons. The molecule has 0 bridgehead atoms. The van der Waals surface area contributed by atoms with Crippen LogP contribution in [0.2, 0.25) is 0 Å². The first-order chi connectivity index (χ1) is 15.1. The van der Waals surface area contributed by atoms with Gasteiger partial charge in [-0.25, -0.2) is 4.98 Å². The molecule has 0 spiro atoms. The summed E-state index contributed by atoms with van der Waals surface area (Å²) in [5.41, 5.74) is 6.20. The van der Waals surface area contributed by atoms with Crippen LogP contribution in [0.1, 0.15) is 135 Å². The highest BCUT2D eigenvalue weighted by molar-refractivity contribution is 5.47. The van der Waals surface area contributed by atoms with Gasteiger partial charge in [-0.15, -0.1) is 0 Å². The lowest BCUT2D eigenvalue weighted by atomic mass is 9.75. The minimum atomic E-state index is -0.123. The minimum absolute atomic E-state index is 0.0224. The van der Waals surface area contributed by atoms with Crippen molar-refractivity contribution in [1.82, 2.24) is 19.9 Å². The van der Waals surface area contributed by atoms with Crippen molar-refractivity contribution in [1.29, 1.82) is 0 Å². The average molecular weight is 449 g/mol. The number of nitrogens with zero attached hydrogens (tertiary/aromatic N) is 4. The predicted octanol–water partition coefficient (Wildman–Crippen LogP) is 7.42. The van der Waals surface area contributed by atoms with Gasteiger partial charge >= 0.3 is 0 Å². The molecule has 33 heavy (non-hydrogen) atoms. The van der Waals surface area contributed by atoms with E-state index in [0.29, 0.717) is 5.92 Å². The van der Waals surface area contributed by atoms with Gasteiger partial charge in [0.2, 0.25) is 0 Å². The Morgan fingerprint density at radius 2 is 1.30 bits per heavy atom. The van der Waals surface area contributed by atoms with Crippen LogP contribution in [0.4, 0.5) is 0 Å². The molecular weight excluding hydrogens is 404 g/mol. The topological polar surface area (TPSA) is 51.6 Å². The number of hydrogen-bond donors (Lipinski definition) is 0. The highest BCUT2D eigenvalue weighted by atomic mass is 14.9. The van der Waals surface area contributed by atoms with Crippen LogP contribution < -0.4 is 0 Å². The lowest BCUT2D eigenvalue weighted by Gasteiger charge is -2.32. The van der Waals surface area contributed by atoms with Crippen molar-refractivity contribution in [3.63, 3.8) is 0 Å². The van der Waals surface area contributed by atoms with Crippen LogP contribution in [0.5, 0.6) is 0 Å². The molecule has 4 nitrogen and oxygen atoms in total. The smallest absolute Gasteiger partial charge is 0.0848 e. The maximum Gasteiger partial charge on any atom is 0.0848 e. The third-order valence-corrected chi connectivity index (χ3v) is 6.94. The van der Waals surface area contributed by atoms with Gasteiger partial charge in [-0.1, -0.05) is 75.8 Å². The monoisotopic (exact) mass is 448 g/mol. The summed E-state index contributed by atoms with van der Waals surface area (Å²) in [6.07, 6.45) is 10.3. The zero-order valence-electron chi connectivity index (χ0n) is 22.6. The van der Waals surface area contributed by atoms with Gasteiger partial charge < -0.3 is 0 Å². The molecule has 0 unspecified atom stereocenters. The fraction of sp³-hybridized carbons (Fsp3) is 0.655. The summed E-state index contributed by atoms with van der Waals surface area (Å²) < 4.78 is 0. The van der Waals surface area contributed by atoms with E-state index in [1.54, 1.807) is 0 Å². The quantitative estimate of drug-likeness (QED) is 0.442. The van der Waals surface area contributed by atoms with E-state index in [4.69, 9.17) is 19.9 Å². The van der Waals surface area contributed by atoms with Gasteiger partial charge in [0, 0.05) is 40.0 Å². The van der Waals surface area contributed by atoms with E-state index in [2.05, 4.69) is 75.8 Å². The molecule has 1 aliphatic carbocycles. The Kier molecular flexibility index (Phi) is 6.65. The van der Waals surface area contributed by atoms with Gasteiger partial charge in [0.1, 0.15) is 0 Å². The summed E-state index contributed by atoms with van der Waals surface area (Å²) in [6.45, 7) is 26.3. The van der Waals surface area contributed by atoms with Crippen LogP contribution in [-0.4, -0.2) is 19.9 Å². The molecule has 0 radical (unpaired) electrons. The van der Waals surface area contributed by atoms with Crippen LogP contribution in [0.15, 0.2) is 19.0 Å². The van der Waals surface area contributed by atoms with E-state index in [9.17, 15) is 0 Å². The standard InChI is InChI=1S/C29H44N4/c1-12-20-24(30-17-21(32-20)26(2,3)4)29(10,11)16-15-28(8,9)22-18-31-25(27(5,6)7)23(33-22)19-13-14-19/h12,17-19H,1,13-16H2,2-11H3. The Morgan fingerprint density at radius 3 is 1.82 bits per heavy atom. The summed E-state index contributed by atoms with van der Waals surface area (Å²) in [5, 5.41) is 0. The minimum Gasteiger partial charge on any atom is -0.257 e. The molecule has 0 aromatic carbocycles. The first-order valence-corrected chi connectivity index (χ1v) is 12.4. The zero-order chi connectivity index (χ0) is 24.8. The van der Waals surface area contributed by atoms with Crippen LogP contribution in [-0.2, 0) is 21.7 Å². The Bertz CT molecular complexity index is 1010. The molecule has 0 atom stereocenters. The lowest BCUT2D eigenvalue weighted by molar-refractivity contribution is 0.360. The summed E-state index contributed by atoms with van der Waals surface area (Å²) in [5.74, 6) is 0.589. The van der Waals surface area contributed by atoms with Gasteiger partial charge in [-0.2, -0.15) is 0 Å². The van der Waals surface area contributed by atoms with Crippen LogP contribution in [0.3, 0.4) is 0 Å². The van der Waals surface area contributed by atoms with Crippen molar-refractivity contribution >= 4 is 6.08 Å². The van der Waals surface area contributed by atoms with E-state index in [-0.39, 0.29) is 21.7 Å². The van der Waals surface area contributed by atoms with E-state index >= 15 is 0 Å². The number of hydrogen-bond acceptors (Lipinski definition) is 4. The SMILES string of the molecule is C=Cc1nc(C(C)(C)C)cnc1C(C)(C)CCC(C)(C)c1cnc(C(C)(C)C)c(C2CC2)n1. The van der Waals surface area contributed by atoms with Gasteiger partial charge in [0.25, 0.3) is 0 Å². The molecule has 0 saturated heterocycles. The Labute approximate surface area is 201 Å². The van der Waals surface area contributed by atoms with Crippen molar-refractivity contribution in [3.05, 3.63) is 53.1 Å². The fourth-order valence-electron chi connectivity index (χ4n) is 4.25. The number of rotatable bonds is 7. The predicted molar refractivity (Wildman–Crippen MR) is 139 cm³/mol. The Balaban J connectivity index is 1.85. The van der Waals surface area contributed by atoms with E-state index < -0.39 is 0 Å². The van der Waals surface area contributed by atoms with E-state index in [1.807, 2.05) is 18.5 Å². The van der Waals surface area contributed by atoms with Crippen molar-refractivity contribution < 1.29 is 0 Å². The summed E-state index contributed by atoms with van der Waals surface area (Å²) in [7, 11) is 0. The average Bonchev–Trinajstić information content (AvgIpc) is 3.55. The second-order valence-corrected chi connectivity index (χ2v) is 13.2. The lowest BCUT2D eigenvalue weighted by Crippen LogP contribution is -2.28. The van der Waals surface area contributed by atoms with Crippen LogP contribution in [0.25, 0.3) is 6.08 Å². The molecule has 1 aliphatic rings. The molecule has 1 fully saturated rings. The third-order valence-electron chi connectivity index (χ3n) is 6.94. The summed E-state index contributed by atoms with van der Waals surface area (Å²) in [4.78, 5) is 19.9. The molecule has 1 saturated carbocycles. The first kappa shape index (κ1) is 25.5. The highest BCUT2D eigenvalue weighted by Crippen LogP contribution is 2.44. The normalized spacial score (nSPS) is 15.6. The van der Waals surface area contributed by atoms with E-state index in [0.717, 1.165) is 41.3 Å². The largest absolute Gasteiger partial charge is 0.257 e. The summed E-state index contributed by atoms with van der Waals surface area (Å²) in [6, 6.07) is 0.